The van der Waals surface area contributed by atoms with Crippen LogP contribution >= 0.6 is 11.8 Å². The van der Waals surface area contributed by atoms with Gasteiger partial charge < -0.3 is 15.2 Å². The lowest BCUT2D eigenvalue weighted by Gasteiger charge is -2.21. The van der Waals surface area contributed by atoms with Gasteiger partial charge in [-0.05, 0) is 38.3 Å². The third-order valence-electron chi connectivity index (χ3n) is 2.65. The molecule has 2 unspecified atom stereocenters. The Labute approximate surface area is 108 Å². The molecule has 17 heavy (non-hydrogen) atoms. The maximum absolute atomic E-state index is 9.84. The van der Waals surface area contributed by atoms with Gasteiger partial charge in [0.05, 0.1) is 7.11 Å². The first-order valence-electron chi connectivity index (χ1n) is 5.70. The molecule has 0 aliphatic carbocycles. The van der Waals surface area contributed by atoms with E-state index in [2.05, 4.69) is 18.5 Å². The molecule has 0 fully saturated rings. The lowest BCUT2D eigenvalue weighted by molar-refractivity contribution is 0.406. The topological polar surface area (TPSA) is 41.5 Å². The average molecular weight is 255 g/mol. The number of thioether (sulfide) groups is 1. The second-order valence-electron chi connectivity index (χ2n) is 4.17. The van der Waals surface area contributed by atoms with Crippen LogP contribution in [0.15, 0.2) is 18.2 Å². The summed E-state index contributed by atoms with van der Waals surface area (Å²) in [6.07, 6.45) is 2.09. The Morgan fingerprint density at radius 3 is 2.71 bits per heavy atom. The fourth-order valence-electron chi connectivity index (χ4n) is 1.82. The molecule has 4 heteroatoms. The van der Waals surface area contributed by atoms with Crippen LogP contribution in [0, 0.1) is 0 Å². The number of ether oxygens (including phenoxy) is 1. The number of benzene rings is 1. The van der Waals surface area contributed by atoms with Crippen molar-refractivity contribution in [3.05, 3.63) is 23.8 Å². The average Bonchev–Trinajstić information content (AvgIpc) is 2.29. The zero-order chi connectivity index (χ0) is 12.8. The Bertz CT molecular complexity index is 357. The molecule has 2 N–H and O–H groups in total. The minimum atomic E-state index is 0.104. The van der Waals surface area contributed by atoms with E-state index >= 15 is 0 Å². The van der Waals surface area contributed by atoms with Crippen LogP contribution in [-0.2, 0) is 0 Å². The lowest BCUT2D eigenvalue weighted by atomic mass is 10.1. The molecule has 0 spiro atoms. The highest BCUT2D eigenvalue weighted by molar-refractivity contribution is 7.98. The van der Waals surface area contributed by atoms with Crippen molar-refractivity contribution in [2.75, 3.05) is 19.1 Å². The predicted molar refractivity (Wildman–Crippen MR) is 74.1 cm³/mol. The second-order valence-corrected chi connectivity index (χ2v) is 5.08. The minimum Gasteiger partial charge on any atom is -0.508 e. The molecule has 0 bridgehead atoms. The van der Waals surface area contributed by atoms with Crippen molar-refractivity contribution in [2.45, 2.75) is 25.9 Å². The monoisotopic (exact) mass is 255 g/mol. The summed E-state index contributed by atoms with van der Waals surface area (Å²) in [4.78, 5) is 0. The third kappa shape index (κ3) is 4.13. The second kappa shape index (κ2) is 6.77. The summed E-state index contributed by atoms with van der Waals surface area (Å²) >= 11 is 1.81. The van der Waals surface area contributed by atoms with Crippen molar-refractivity contribution >= 4 is 11.8 Å². The van der Waals surface area contributed by atoms with Gasteiger partial charge in [-0.3, -0.25) is 0 Å². The Hall–Kier alpha value is -0.870. The van der Waals surface area contributed by atoms with Gasteiger partial charge in [-0.15, -0.1) is 0 Å². The van der Waals surface area contributed by atoms with Crippen LogP contribution in [0.4, 0.5) is 0 Å². The minimum absolute atomic E-state index is 0.104. The van der Waals surface area contributed by atoms with Crippen molar-refractivity contribution in [1.82, 2.24) is 5.32 Å². The molecule has 0 amide bonds. The van der Waals surface area contributed by atoms with Crippen LogP contribution in [-0.4, -0.2) is 30.3 Å². The van der Waals surface area contributed by atoms with Crippen LogP contribution in [0.2, 0.25) is 0 Å². The fraction of sp³-hybridized carbons (Fsp3) is 0.538. The van der Waals surface area contributed by atoms with Crippen molar-refractivity contribution < 1.29 is 9.84 Å². The van der Waals surface area contributed by atoms with Gasteiger partial charge in [0.2, 0.25) is 0 Å². The Morgan fingerprint density at radius 2 is 2.12 bits per heavy atom. The molecular weight excluding hydrogens is 234 g/mol. The molecule has 0 saturated heterocycles. The maximum atomic E-state index is 9.84. The summed E-state index contributed by atoms with van der Waals surface area (Å²) in [5.41, 5.74) is 0.873. The van der Waals surface area contributed by atoms with E-state index in [1.807, 2.05) is 24.8 Å². The van der Waals surface area contributed by atoms with Crippen LogP contribution in [0.1, 0.15) is 25.5 Å². The Balaban J connectivity index is 2.76. The van der Waals surface area contributed by atoms with E-state index in [0.717, 1.165) is 17.1 Å². The SMILES string of the molecule is COc1ccc(O)c(C(C)NC(C)CSC)c1. The van der Waals surface area contributed by atoms with E-state index in [1.165, 1.54) is 0 Å². The standard InChI is InChI=1S/C13H21NO2S/c1-9(8-17-4)14-10(2)12-7-11(16-3)5-6-13(12)15/h5-7,9-10,14-15H,8H2,1-4H3. The summed E-state index contributed by atoms with van der Waals surface area (Å²) in [7, 11) is 1.63. The molecule has 1 aromatic carbocycles. The van der Waals surface area contributed by atoms with Gasteiger partial charge in [0.25, 0.3) is 0 Å². The van der Waals surface area contributed by atoms with Crippen molar-refractivity contribution in [1.29, 1.82) is 0 Å². The van der Waals surface area contributed by atoms with E-state index in [-0.39, 0.29) is 6.04 Å². The molecular formula is C13H21NO2S. The Kier molecular flexibility index (Phi) is 5.65. The number of nitrogens with one attached hydrogen (secondary N) is 1. The molecule has 3 nitrogen and oxygen atoms in total. The third-order valence-corrected chi connectivity index (χ3v) is 3.49. The van der Waals surface area contributed by atoms with Crippen LogP contribution in [0.25, 0.3) is 0 Å². The van der Waals surface area contributed by atoms with Gasteiger partial charge in [0.1, 0.15) is 11.5 Å². The molecule has 0 radical (unpaired) electrons. The quantitative estimate of drug-likeness (QED) is 0.820. The van der Waals surface area contributed by atoms with Crippen molar-refractivity contribution in [3.63, 3.8) is 0 Å². The molecule has 1 rings (SSSR count). The first kappa shape index (κ1) is 14.2. The van der Waals surface area contributed by atoms with Gasteiger partial charge in [-0.1, -0.05) is 0 Å². The lowest BCUT2D eigenvalue weighted by Crippen LogP contribution is -2.30. The summed E-state index contributed by atoms with van der Waals surface area (Å²) < 4.78 is 5.17. The van der Waals surface area contributed by atoms with Gasteiger partial charge in [-0.2, -0.15) is 11.8 Å². The number of phenols is 1. The molecule has 1 aromatic rings. The van der Waals surface area contributed by atoms with Crippen LogP contribution < -0.4 is 10.1 Å². The first-order chi connectivity index (χ1) is 8.08. The largest absolute Gasteiger partial charge is 0.508 e. The number of phenolic OH excluding ortho intramolecular Hbond substituents is 1. The molecule has 0 aliphatic heterocycles. The van der Waals surface area contributed by atoms with E-state index in [4.69, 9.17) is 4.74 Å². The van der Waals surface area contributed by atoms with E-state index in [1.54, 1.807) is 19.2 Å². The first-order valence-corrected chi connectivity index (χ1v) is 7.09. The highest BCUT2D eigenvalue weighted by Crippen LogP contribution is 2.28. The van der Waals surface area contributed by atoms with E-state index in [0.29, 0.717) is 11.8 Å². The molecule has 0 saturated carbocycles. The molecule has 2 atom stereocenters. The number of hydrogen-bond acceptors (Lipinski definition) is 4. The van der Waals surface area contributed by atoms with Crippen LogP contribution in [0.3, 0.4) is 0 Å². The van der Waals surface area contributed by atoms with Crippen molar-refractivity contribution in [3.8, 4) is 11.5 Å². The van der Waals surface area contributed by atoms with Gasteiger partial charge in [0.15, 0.2) is 0 Å². The normalized spacial score (nSPS) is 14.4. The van der Waals surface area contributed by atoms with Gasteiger partial charge >= 0.3 is 0 Å². The number of methoxy groups -OCH3 is 1. The number of rotatable bonds is 6. The van der Waals surface area contributed by atoms with E-state index in [9.17, 15) is 5.11 Å². The highest BCUT2D eigenvalue weighted by Gasteiger charge is 2.13. The zero-order valence-electron chi connectivity index (χ0n) is 10.9. The predicted octanol–water partition coefficient (Wildman–Crippen LogP) is 2.80. The number of hydrogen-bond donors (Lipinski definition) is 2. The summed E-state index contributed by atoms with van der Waals surface area (Å²) in [6, 6.07) is 5.82. The fourth-order valence-corrected chi connectivity index (χ4v) is 2.42. The highest BCUT2D eigenvalue weighted by atomic mass is 32.2. The molecule has 0 heterocycles. The summed E-state index contributed by atoms with van der Waals surface area (Å²) in [5.74, 6) is 2.13. The summed E-state index contributed by atoms with van der Waals surface area (Å²) in [5, 5.41) is 13.3. The van der Waals surface area contributed by atoms with Gasteiger partial charge in [0, 0.05) is 23.4 Å². The number of aromatic hydroxyl groups is 1. The summed E-state index contributed by atoms with van der Waals surface area (Å²) in [6.45, 7) is 4.19. The van der Waals surface area contributed by atoms with E-state index < -0.39 is 0 Å². The van der Waals surface area contributed by atoms with Crippen molar-refractivity contribution in [2.24, 2.45) is 0 Å². The molecule has 0 aromatic heterocycles. The smallest absolute Gasteiger partial charge is 0.120 e. The zero-order valence-corrected chi connectivity index (χ0v) is 11.7. The Morgan fingerprint density at radius 1 is 1.41 bits per heavy atom. The molecule has 0 aliphatic rings. The van der Waals surface area contributed by atoms with Gasteiger partial charge in [-0.25, -0.2) is 0 Å². The molecule has 96 valence electrons. The van der Waals surface area contributed by atoms with Crippen LogP contribution in [0.5, 0.6) is 11.5 Å². The maximum Gasteiger partial charge on any atom is 0.120 e.